The molecule has 0 aromatic rings. The summed E-state index contributed by atoms with van der Waals surface area (Å²) in [5, 5.41) is 7.62. The smallest absolute Gasteiger partial charge is 0.0618 e. The molecule has 0 fully saturated rings. The van der Waals surface area contributed by atoms with Gasteiger partial charge in [0.05, 0.1) is 6.07 Å². The maximum absolute atomic E-state index is 7.62. The fraction of sp³-hybridized carbons (Fsp3) is 0.667. The third kappa shape index (κ3) is 13.1. The molecular formula is C3H5NZr. The minimum atomic E-state index is 0. The van der Waals surface area contributed by atoms with Crippen LogP contribution in [0.25, 0.3) is 0 Å². The Labute approximate surface area is 51.1 Å². The molecule has 26 valence electrons. The minimum Gasteiger partial charge on any atom is -0.198 e. The molecule has 5 heavy (non-hydrogen) atoms. The Hall–Kier alpha value is 0.373. The van der Waals surface area contributed by atoms with Crippen LogP contribution in [0.1, 0.15) is 13.3 Å². The predicted molar refractivity (Wildman–Crippen MR) is 15.9 cm³/mol. The predicted octanol–water partition coefficient (Wildman–Crippen LogP) is 0.917. The van der Waals surface area contributed by atoms with Gasteiger partial charge in [-0.15, -0.1) is 0 Å². The Balaban J connectivity index is 0. The zero-order valence-corrected chi connectivity index (χ0v) is 5.61. The van der Waals surface area contributed by atoms with E-state index in [1.54, 1.807) is 0 Å². The molecule has 0 saturated heterocycles. The summed E-state index contributed by atoms with van der Waals surface area (Å²) in [4.78, 5) is 0. The molecule has 0 aliphatic rings. The van der Waals surface area contributed by atoms with E-state index in [1.165, 1.54) is 0 Å². The largest absolute Gasteiger partial charge is 0.198 e. The van der Waals surface area contributed by atoms with Gasteiger partial charge in [0.2, 0.25) is 0 Å². The first-order chi connectivity index (χ1) is 1.91. The van der Waals surface area contributed by atoms with Crippen molar-refractivity contribution in [1.82, 2.24) is 0 Å². The summed E-state index contributed by atoms with van der Waals surface area (Å²) in [7, 11) is 0. The summed E-state index contributed by atoms with van der Waals surface area (Å²) < 4.78 is 0. The Morgan fingerprint density at radius 1 is 1.80 bits per heavy atom. The van der Waals surface area contributed by atoms with Crippen molar-refractivity contribution >= 4 is 0 Å². The monoisotopic (exact) mass is 145 g/mol. The van der Waals surface area contributed by atoms with E-state index in [0.29, 0.717) is 6.42 Å². The van der Waals surface area contributed by atoms with Gasteiger partial charge in [0, 0.05) is 32.6 Å². The maximum Gasteiger partial charge on any atom is 0.0618 e. The molecular weight excluding hydrogens is 141 g/mol. The molecule has 0 saturated carbocycles. The summed E-state index contributed by atoms with van der Waals surface area (Å²) in [5.41, 5.74) is 0. The van der Waals surface area contributed by atoms with E-state index in [0.717, 1.165) is 0 Å². The van der Waals surface area contributed by atoms with Gasteiger partial charge in [-0.1, -0.05) is 6.92 Å². The molecule has 0 aromatic heterocycles. The van der Waals surface area contributed by atoms with Crippen LogP contribution in [-0.2, 0) is 26.2 Å². The molecule has 2 heteroatoms. The third-order valence-electron chi connectivity index (χ3n) is 0.158. The molecule has 0 heterocycles. The number of hydrogen-bond acceptors (Lipinski definition) is 1. The Morgan fingerprint density at radius 3 is 2.00 bits per heavy atom. The molecule has 0 aliphatic carbocycles. The summed E-state index contributed by atoms with van der Waals surface area (Å²) in [6, 6.07) is 1.93. The van der Waals surface area contributed by atoms with E-state index in [2.05, 4.69) is 0 Å². The SMILES string of the molecule is CCC#N.[Zr]. The molecule has 1 nitrogen and oxygen atoms in total. The van der Waals surface area contributed by atoms with Crippen molar-refractivity contribution < 1.29 is 26.2 Å². The van der Waals surface area contributed by atoms with Crippen molar-refractivity contribution in [3.05, 3.63) is 0 Å². The van der Waals surface area contributed by atoms with Gasteiger partial charge in [-0.2, -0.15) is 5.26 Å². The fourth-order valence-corrected chi connectivity index (χ4v) is 0. The average molecular weight is 146 g/mol. The standard InChI is InChI=1S/C3H5N.Zr/c1-2-3-4;/h2H2,1H3;. The first-order valence-corrected chi connectivity index (χ1v) is 1.28. The van der Waals surface area contributed by atoms with Gasteiger partial charge in [0.1, 0.15) is 0 Å². The fourth-order valence-electron chi connectivity index (χ4n) is 0. The van der Waals surface area contributed by atoms with Crippen molar-refractivity contribution in [3.8, 4) is 6.07 Å². The van der Waals surface area contributed by atoms with Crippen LogP contribution in [0, 0.1) is 11.3 Å². The molecule has 0 N–H and O–H groups in total. The summed E-state index contributed by atoms with van der Waals surface area (Å²) >= 11 is 0. The minimum absolute atomic E-state index is 0. The normalized spacial score (nSPS) is 4.00. The number of nitriles is 1. The first kappa shape index (κ1) is 9.03. The number of nitrogens with zero attached hydrogens (tertiary/aromatic N) is 1. The molecule has 0 aliphatic heterocycles. The Morgan fingerprint density at radius 2 is 2.00 bits per heavy atom. The van der Waals surface area contributed by atoms with Gasteiger partial charge in [-0.25, -0.2) is 0 Å². The quantitative estimate of drug-likeness (QED) is 0.498. The molecule has 0 unspecified atom stereocenters. The molecule has 0 bridgehead atoms. The van der Waals surface area contributed by atoms with Gasteiger partial charge in [0.25, 0.3) is 0 Å². The van der Waals surface area contributed by atoms with Gasteiger partial charge in [0.15, 0.2) is 0 Å². The van der Waals surface area contributed by atoms with Gasteiger partial charge < -0.3 is 0 Å². The average Bonchev–Trinajstić information content (AvgIpc) is 1.37. The van der Waals surface area contributed by atoms with Crippen LogP contribution in [0.4, 0.5) is 0 Å². The van der Waals surface area contributed by atoms with Crippen LogP contribution >= 0.6 is 0 Å². The van der Waals surface area contributed by atoms with E-state index in [9.17, 15) is 0 Å². The van der Waals surface area contributed by atoms with Crippen molar-refractivity contribution in [2.24, 2.45) is 0 Å². The molecule has 0 radical (unpaired) electrons. The molecule has 0 atom stereocenters. The molecule has 0 rings (SSSR count). The number of rotatable bonds is 0. The topological polar surface area (TPSA) is 23.8 Å². The Bertz CT molecular complexity index is 36.6. The van der Waals surface area contributed by atoms with Crippen LogP contribution in [0.5, 0.6) is 0 Å². The summed E-state index contributed by atoms with van der Waals surface area (Å²) in [6.07, 6.45) is 0.625. The van der Waals surface area contributed by atoms with Crippen LogP contribution in [0.15, 0.2) is 0 Å². The first-order valence-electron chi connectivity index (χ1n) is 1.28. The molecule has 0 spiro atoms. The molecule has 0 aromatic carbocycles. The summed E-state index contributed by atoms with van der Waals surface area (Å²) in [6.45, 7) is 1.82. The Kier molecular flexibility index (Phi) is 16.0. The van der Waals surface area contributed by atoms with E-state index in [4.69, 9.17) is 5.26 Å². The van der Waals surface area contributed by atoms with E-state index < -0.39 is 0 Å². The zero-order chi connectivity index (χ0) is 3.41. The van der Waals surface area contributed by atoms with Gasteiger partial charge in [-0.05, 0) is 0 Å². The number of hydrogen-bond donors (Lipinski definition) is 0. The zero-order valence-electron chi connectivity index (χ0n) is 3.15. The molecule has 0 amide bonds. The van der Waals surface area contributed by atoms with E-state index in [1.807, 2.05) is 13.0 Å². The third-order valence-corrected chi connectivity index (χ3v) is 0.158. The van der Waals surface area contributed by atoms with Crippen molar-refractivity contribution in [1.29, 1.82) is 5.26 Å². The van der Waals surface area contributed by atoms with Gasteiger partial charge >= 0.3 is 0 Å². The van der Waals surface area contributed by atoms with Crippen LogP contribution in [0.2, 0.25) is 0 Å². The van der Waals surface area contributed by atoms with Gasteiger partial charge in [-0.3, -0.25) is 0 Å². The second-order valence-corrected chi connectivity index (χ2v) is 0.512. The maximum atomic E-state index is 7.62. The van der Waals surface area contributed by atoms with Crippen molar-refractivity contribution in [2.45, 2.75) is 13.3 Å². The van der Waals surface area contributed by atoms with Crippen molar-refractivity contribution in [2.75, 3.05) is 0 Å². The summed E-state index contributed by atoms with van der Waals surface area (Å²) in [5.74, 6) is 0. The van der Waals surface area contributed by atoms with Crippen LogP contribution in [-0.4, -0.2) is 0 Å². The van der Waals surface area contributed by atoms with Crippen LogP contribution < -0.4 is 0 Å². The van der Waals surface area contributed by atoms with E-state index >= 15 is 0 Å². The second kappa shape index (κ2) is 8.84. The van der Waals surface area contributed by atoms with E-state index in [-0.39, 0.29) is 26.2 Å². The van der Waals surface area contributed by atoms with Crippen molar-refractivity contribution in [3.63, 3.8) is 0 Å². The van der Waals surface area contributed by atoms with Crippen LogP contribution in [0.3, 0.4) is 0 Å². The second-order valence-electron chi connectivity index (χ2n) is 0.512.